The van der Waals surface area contributed by atoms with Crippen LogP contribution in [0.1, 0.15) is 29.9 Å². The van der Waals surface area contributed by atoms with Crippen molar-refractivity contribution in [1.29, 1.82) is 0 Å². The highest BCUT2D eigenvalue weighted by atomic mass is 19.1. The number of rotatable bonds is 2. The van der Waals surface area contributed by atoms with Gasteiger partial charge in [-0.1, -0.05) is 18.2 Å². The van der Waals surface area contributed by atoms with Gasteiger partial charge in [-0.25, -0.2) is 4.39 Å². The van der Waals surface area contributed by atoms with Crippen molar-refractivity contribution in [2.24, 2.45) is 0 Å². The fourth-order valence-electron chi connectivity index (χ4n) is 3.31. The first-order valence-corrected chi connectivity index (χ1v) is 8.08. The van der Waals surface area contributed by atoms with E-state index in [1.165, 1.54) is 12.1 Å². The maximum absolute atomic E-state index is 13.1. The number of allylic oxidation sites excluding steroid dienone is 2. The summed E-state index contributed by atoms with van der Waals surface area (Å²) in [4.78, 5) is 12.2. The van der Waals surface area contributed by atoms with Crippen LogP contribution < -0.4 is 9.47 Å². The maximum Gasteiger partial charge on any atom is 0.161 e. The van der Waals surface area contributed by atoms with E-state index in [9.17, 15) is 9.18 Å². The molecule has 0 spiro atoms. The highest BCUT2D eigenvalue weighted by Crippen LogP contribution is 2.39. The summed E-state index contributed by atoms with van der Waals surface area (Å²) in [6.07, 6.45) is 2.92. The lowest BCUT2D eigenvalue weighted by atomic mass is 9.81. The maximum atomic E-state index is 13.1. The molecule has 0 saturated carbocycles. The van der Waals surface area contributed by atoms with Crippen LogP contribution in [0.25, 0.3) is 5.57 Å². The van der Waals surface area contributed by atoms with E-state index in [2.05, 4.69) is 0 Å². The Morgan fingerprint density at radius 3 is 2.46 bits per heavy atom. The van der Waals surface area contributed by atoms with Crippen molar-refractivity contribution < 1.29 is 18.7 Å². The van der Waals surface area contributed by atoms with Crippen molar-refractivity contribution in [2.45, 2.75) is 18.8 Å². The smallest absolute Gasteiger partial charge is 0.161 e. The topological polar surface area (TPSA) is 35.5 Å². The molecule has 0 fully saturated rings. The zero-order chi connectivity index (χ0) is 16.5. The molecule has 1 aliphatic heterocycles. The van der Waals surface area contributed by atoms with Crippen molar-refractivity contribution >= 4 is 11.4 Å². The van der Waals surface area contributed by atoms with Gasteiger partial charge in [0.05, 0.1) is 0 Å². The van der Waals surface area contributed by atoms with Gasteiger partial charge in [-0.2, -0.15) is 0 Å². The van der Waals surface area contributed by atoms with Crippen LogP contribution in [-0.4, -0.2) is 19.0 Å². The van der Waals surface area contributed by atoms with E-state index >= 15 is 0 Å². The Morgan fingerprint density at radius 2 is 1.67 bits per heavy atom. The summed E-state index contributed by atoms with van der Waals surface area (Å²) in [5.41, 5.74) is 2.95. The monoisotopic (exact) mass is 324 g/mol. The molecule has 0 bridgehead atoms. The van der Waals surface area contributed by atoms with Gasteiger partial charge in [0, 0.05) is 6.42 Å². The van der Waals surface area contributed by atoms with E-state index < -0.39 is 0 Å². The molecular weight excluding hydrogens is 307 g/mol. The van der Waals surface area contributed by atoms with E-state index in [1.54, 1.807) is 18.2 Å². The molecule has 4 heteroatoms. The van der Waals surface area contributed by atoms with Gasteiger partial charge in [-0.15, -0.1) is 0 Å². The Hall–Kier alpha value is -2.62. The number of fused-ring (bicyclic) bond motifs is 1. The molecule has 0 unspecified atom stereocenters. The highest BCUT2D eigenvalue weighted by Gasteiger charge is 2.24. The van der Waals surface area contributed by atoms with Crippen LogP contribution in [0.2, 0.25) is 0 Å². The summed E-state index contributed by atoms with van der Waals surface area (Å²) < 4.78 is 24.3. The summed E-state index contributed by atoms with van der Waals surface area (Å²) >= 11 is 0. The number of halogens is 1. The summed E-state index contributed by atoms with van der Waals surface area (Å²) in [6.45, 7) is 1.09. The Labute approximate surface area is 139 Å². The molecule has 0 amide bonds. The summed E-state index contributed by atoms with van der Waals surface area (Å²) in [5, 5.41) is 0. The quantitative estimate of drug-likeness (QED) is 0.833. The van der Waals surface area contributed by atoms with Crippen LogP contribution in [0.3, 0.4) is 0 Å². The average Bonchev–Trinajstić information content (AvgIpc) is 2.61. The van der Waals surface area contributed by atoms with Gasteiger partial charge in [0.25, 0.3) is 0 Å². The molecule has 1 heterocycles. The zero-order valence-electron chi connectivity index (χ0n) is 13.1. The molecule has 3 nitrogen and oxygen atoms in total. The minimum absolute atomic E-state index is 0.0753. The van der Waals surface area contributed by atoms with E-state index in [1.807, 2.05) is 18.2 Å². The van der Waals surface area contributed by atoms with Crippen LogP contribution in [0.4, 0.5) is 4.39 Å². The average molecular weight is 324 g/mol. The number of ketones is 1. The number of hydrogen-bond donors (Lipinski definition) is 0. The molecule has 0 N–H and O–H groups in total. The number of benzene rings is 2. The summed E-state index contributed by atoms with van der Waals surface area (Å²) in [6, 6.07) is 12.2. The number of carbonyl (C=O) groups excluding carboxylic acids is 1. The van der Waals surface area contributed by atoms with Gasteiger partial charge in [0.15, 0.2) is 17.3 Å². The standard InChI is InChI=1S/C20H17FO3/c21-17-4-1-13(2-5-17)15-9-16(11-18(22)10-15)14-3-6-19-20(12-14)24-8-7-23-19/h1-6,11-12,15H,7-10H2/t15-/m1/s1. The molecule has 1 aliphatic carbocycles. The molecule has 2 aromatic carbocycles. The van der Waals surface area contributed by atoms with Gasteiger partial charge in [-0.3, -0.25) is 4.79 Å². The molecular formula is C20H17FO3. The number of ether oxygens (including phenoxy) is 2. The van der Waals surface area contributed by atoms with Gasteiger partial charge in [-0.05, 0) is 59.4 Å². The summed E-state index contributed by atoms with van der Waals surface area (Å²) in [5.74, 6) is 1.37. The molecule has 0 aromatic heterocycles. The van der Waals surface area contributed by atoms with E-state index in [-0.39, 0.29) is 17.5 Å². The van der Waals surface area contributed by atoms with Crippen LogP contribution in [0, 0.1) is 5.82 Å². The fourth-order valence-corrected chi connectivity index (χ4v) is 3.31. The van der Waals surface area contributed by atoms with Crippen molar-refractivity contribution in [3.05, 3.63) is 65.5 Å². The lowest BCUT2D eigenvalue weighted by Gasteiger charge is -2.24. The molecule has 1 atom stereocenters. The van der Waals surface area contributed by atoms with Gasteiger partial charge in [0.1, 0.15) is 19.0 Å². The lowest BCUT2D eigenvalue weighted by molar-refractivity contribution is -0.115. The third-order valence-electron chi connectivity index (χ3n) is 4.50. The highest BCUT2D eigenvalue weighted by molar-refractivity contribution is 5.99. The predicted molar refractivity (Wildman–Crippen MR) is 88.8 cm³/mol. The van der Waals surface area contributed by atoms with Gasteiger partial charge in [0.2, 0.25) is 0 Å². The molecule has 0 saturated heterocycles. The second-order valence-corrected chi connectivity index (χ2v) is 6.15. The minimum atomic E-state index is -0.261. The van der Waals surface area contributed by atoms with Crippen LogP contribution in [0.5, 0.6) is 11.5 Å². The first-order chi connectivity index (χ1) is 11.7. The van der Waals surface area contributed by atoms with Crippen LogP contribution in [0.15, 0.2) is 48.5 Å². The van der Waals surface area contributed by atoms with Crippen LogP contribution in [-0.2, 0) is 4.79 Å². The molecule has 4 rings (SSSR count). The van der Waals surface area contributed by atoms with Crippen molar-refractivity contribution in [3.63, 3.8) is 0 Å². The summed E-state index contributed by atoms with van der Waals surface area (Å²) in [7, 11) is 0. The van der Waals surface area contributed by atoms with Crippen LogP contribution >= 0.6 is 0 Å². The van der Waals surface area contributed by atoms with Crippen molar-refractivity contribution in [3.8, 4) is 11.5 Å². The first-order valence-electron chi connectivity index (χ1n) is 8.08. The minimum Gasteiger partial charge on any atom is -0.486 e. The zero-order valence-corrected chi connectivity index (χ0v) is 13.1. The van der Waals surface area contributed by atoms with Crippen molar-refractivity contribution in [1.82, 2.24) is 0 Å². The molecule has 2 aliphatic rings. The molecule has 2 aromatic rings. The van der Waals surface area contributed by atoms with E-state index in [4.69, 9.17) is 9.47 Å². The Morgan fingerprint density at radius 1 is 0.917 bits per heavy atom. The second-order valence-electron chi connectivity index (χ2n) is 6.15. The number of carbonyl (C=O) groups is 1. The number of hydrogen-bond acceptors (Lipinski definition) is 3. The SMILES string of the molecule is O=C1C=C(c2ccc3c(c2)OCCO3)C[C@@H](c2ccc(F)cc2)C1. The first kappa shape index (κ1) is 14.9. The Balaban J connectivity index is 1.63. The third kappa shape index (κ3) is 2.92. The fraction of sp³-hybridized carbons (Fsp3) is 0.250. The normalized spacial score (nSPS) is 19.8. The van der Waals surface area contributed by atoms with E-state index in [0.717, 1.165) is 34.6 Å². The van der Waals surface area contributed by atoms with Gasteiger partial charge < -0.3 is 9.47 Å². The Bertz CT molecular complexity index is 808. The Kier molecular flexibility index (Phi) is 3.81. The van der Waals surface area contributed by atoms with E-state index in [0.29, 0.717) is 19.6 Å². The largest absolute Gasteiger partial charge is 0.486 e. The predicted octanol–water partition coefficient (Wildman–Crippen LogP) is 4.13. The second kappa shape index (κ2) is 6.11. The molecule has 122 valence electrons. The van der Waals surface area contributed by atoms with Crippen molar-refractivity contribution in [2.75, 3.05) is 13.2 Å². The molecule has 24 heavy (non-hydrogen) atoms. The lowest BCUT2D eigenvalue weighted by Crippen LogP contribution is -2.16. The third-order valence-corrected chi connectivity index (χ3v) is 4.50. The van der Waals surface area contributed by atoms with Gasteiger partial charge >= 0.3 is 0 Å². The molecule has 0 radical (unpaired) electrons.